The van der Waals surface area contributed by atoms with E-state index in [9.17, 15) is 0 Å². The highest BCUT2D eigenvalue weighted by Crippen LogP contribution is 2.34. The summed E-state index contributed by atoms with van der Waals surface area (Å²) in [5.74, 6) is 0.996. The van der Waals surface area contributed by atoms with Gasteiger partial charge in [0, 0.05) is 19.2 Å². The molecule has 2 atom stereocenters. The number of hydrogen-bond donors (Lipinski definition) is 2. The lowest BCUT2D eigenvalue weighted by Crippen LogP contribution is -2.41. The van der Waals surface area contributed by atoms with Crippen molar-refractivity contribution < 1.29 is 4.74 Å². The largest absolute Gasteiger partial charge is 0.383 e. The molecule has 0 spiro atoms. The lowest BCUT2D eigenvalue weighted by Gasteiger charge is -2.24. The van der Waals surface area contributed by atoms with E-state index in [2.05, 4.69) is 12.2 Å². The number of hydrogen-bond acceptors (Lipinski definition) is 3. The van der Waals surface area contributed by atoms with E-state index in [1.54, 1.807) is 7.11 Å². The maximum absolute atomic E-state index is 5.56. The van der Waals surface area contributed by atoms with Crippen molar-refractivity contribution >= 4 is 0 Å². The lowest BCUT2D eigenvalue weighted by atomic mass is 10.0. The van der Waals surface area contributed by atoms with Gasteiger partial charge in [-0.2, -0.15) is 0 Å². The van der Waals surface area contributed by atoms with Crippen molar-refractivity contribution in [2.24, 2.45) is 11.7 Å². The van der Waals surface area contributed by atoms with Gasteiger partial charge in [0.2, 0.25) is 0 Å². The fourth-order valence-electron chi connectivity index (χ4n) is 2.22. The molecule has 1 rings (SSSR count). The average molecular weight is 228 g/mol. The predicted molar refractivity (Wildman–Crippen MR) is 68.5 cm³/mol. The Labute approximate surface area is 100 Å². The minimum Gasteiger partial charge on any atom is -0.383 e. The third kappa shape index (κ3) is 5.83. The lowest BCUT2D eigenvalue weighted by molar-refractivity contribution is 0.153. The highest BCUT2D eigenvalue weighted by atomic mass is 16.5. The van der Waals surface area contributed by atoms with E-state index in [0.717, 1.165) is 31.9 Å². The van der Waals surface area contributed by atoms with Crippen LogP contribution in [0.1, 0.15) is 45.4 Å². The molecule has 0 aliphatic heterocycles. The Morgan fingerprint density at radius 3 is 2.62 bits per heavy atom. The molecule has 1 fully saturated rings. The van der Waals surface area contributed by atoms with Crippen molar-refractivity contribution in [2.75, 3.05) is 20.3 Å². The zero-order valence-corrected chi connectivity index (χ0v) is 10.9. The van der Waals surface area contributed by atoms with Gasteiger partial charge in [0.15, 0.2) is 0 Å². The molecule has 0 heterocycles. The quantitative estimate of drug-likeness (QED) is 0.600. The standard InChI is InChI=1S/C13H28N2O/c1-3-12(9-11-6-7-11)15-13(10-16-2)5-4-8-14/h11-13,15H,3-10,14H2,1-2H3. The molecule has 96 valence electrons. The molecular weight excluding hydrogens is 200 g/mol. The summed E-state index contributed by atoms with van der Waals surface area (Å²) in [5.41, 5.74) is 5.56. The maximum Gasteiger partial charge on any atom is 0.0615 e. The van der Waals surface area contributed by atoms with Crippen molar-refractivity contribution in [3.8, 4) is 0 Å². The molecular formula is C13H28N2O. The molecule has 0 amide bonds. The molecule has 1 saturated carbocycles. The van der Waals surface area contributed by atoms with Gasteiger partial charge < -0.3 is 15.8 Å². The first-order valence-corrected chi connectivity index (χ1v) is 6.75. The monoisotopic (exact) mass is 228 g/mol. The van der Waals surface area contributed by atoms with Gasteiger partial charge in [-0.15, -0.1) is 0 Å². The van der Waals surface area contributed by atoms with Gasteiger partial charge >= 0.3 is 0 Å². The van der Waals surface area contributed by atoms with E-state index in [4.69, 9.17) is 10.5 Å². The Morgan fingerprint density at radius 1 is 1.38 bits per heavy atom. The van der Waals surface area contributed by atoms with Gasteiger partial charge in [-0.25, -0.2) is 0 Å². The van der Waals surface area contributed by atoms with Crippen LogP contribution in [0.5, 0.6) is 0 Å². The highest BCUT2D eigenvalue weighted by Gasteiger charge is 2.25. The van der Waals surface area contributed by atoms with E-state index in [-0.39, 0.29) is 0 Å². The Hall–Kier alpha value is -0.120. The summed E-state index contributed by atoms with van der Waals surface area (Å²) < 4.78 is 5.26. The highest BCUT2D eigenvalue weighted by molar-refractivity contribution is 4.82. The second kappa shape index (κ2) is 8.04. The van der Waals surface area contributed by atoms with Crippen LogP contribution in [0.4, 0.5) is 0 Å². The van der Waals surface area contributed by atoms with E-state index < -0.39 is 0 Å². The van der Waals surface area contributed by atoms with Crippen LogP contribution in [-0.4, -0.2) is 32.3 Å². The van der Waals surface area contributed by atoms with E-state index in [1.807, 2.05) is 0 Å². The molecule has 0 aromatic carbocycles. The van der Waals surface area contributed by atoms with Crippen LogP contribution in [0.2, 0.25) is 0 Å². The summed E-state index contributed by atoms with van der Waals surface area (Å²) in [6.07, 6.45) is 7.66. The average Bonchev–Trinajstić information content (AvgIpc) is 3.09. The number of nitrogens with two attached hydrogens (primary N) is 1. The first-order chi connectivity index (χ1) is 7.80. The Kier molecular flexibility index (Phi) is 7.01. The van der Waals surface area contributed by atoms with Crippen LogP contribution in [0.15, 0.2) is 0 Å². The smallest absolute Gasteiger partial charge is 0.0615 e. The zero-order chi connectivity index (χ0) is 11.8. The van der Waals surface area contributed by atoms with Gasteiger partial charge in [0.25, 0.3) is 0 Å². The normalized spacial score (nSPS) is 19.7. The van der Waals surface area contributed by atoms with Crippen molar-refractivity contribution in [3.05, 3.63) is 0 Å². The summed E-state index contributed by atoms with van der Waals surface area (Å²) >= 11 is 0. The van der Waals surface area contributed by atoms with Gasteiger partial charge in [-0.1, -0.05) is 19.8 Å². The number of methoxy groups -OCH3 is 1. The molecule has 0 radical (unpaired) electrons. The maximum atomic E-state index is 5.56. The molecule has 0 saturated heterocycles. The van der Waals surface area contributed by atoms with E-state index in [1.165, 1.54) is 25.7 Å². The van der Waals surface area contributed by atoms with Crippen molar-refractivity contribution in [3.63, 3.8) is 0 Å². The number of ether oxygens (including phenoxy) is 1. The molecule has 2 unspecified atom stereocenters. The van der Waals surface area contributed by atoms with Crippen LogP contribution in [-0.2, 0) is 4.74 Å². The van der Waals surface area contributed by atoms with E-state index >= 15 is 0 Å². The molecule has 3 nitrogen and oxygen atoms in total. The topological polar surface area (TPSA) is 47.3 Å². The number of rotatable bonds is 10. The van der Waals surface area contributed by atoms with Gasteiger partial charge in [0.1, 0.15) is 0 Å². The fourth-order valence-corrected chi connectivity index (χ4v) is 2.22. The van der Waals surface area contributed by atoms with Crippen molar-refractivity contribution in [1.82, 2.24) is 5.32 Å². The summed E-state index contributed by atoms with van der Waals surface area (Å²) in [6, 6.07) is 1.16. The third-order valence-electron chi connectivity index (χ3n) is 3.40. The Morgan fingerprint density at radius 2 is 2.12 bits per heavy atom. The summed E-state index contributed by atoms with van der Waals surface area (Å²) in [6.45, 7) is 3.86. The molecule has 0 aromatic rings. The van der Waals surface area contributed by atoms with Crippen LogP contribution in [0.3, 0.4) is 0 Å². The molecule has 3 heteroatoms. The predicted octanol–water partition coefficient (Wildman–Crippen LogP) is 1.91. The molecule has 1 aliphatic rings. The SMILES string of the molecule is CCC(CC1CC1)NC(CCCN)COC. The van der Waals surface area contributed by atoms with Crippen molar-refractivity contribution in [1.29, 1.82) is 0 Å². The van der Waals surface area contributed by atoms with Crippen LogP contribution in [0.25, 0.3) is 0 Å². The Balaban J connectivity index is 2.24. The molecule has 0 bridgehead atoms. The first kappa shape index (κ1) is 13.9. The van der Waals surface area contributed by atoms with Crippen molar-refractivity contribution in [2.45, 2.75) is 57.5 Å². The van der Waals surface area contributed by atoms with E-state index in [0.29, 0.717) is 12.1 Å². The fraction of sp³-hybridized carbons (Fsp3) is 1.00. The van der Waals surface area contributed by atoms with Gasteiger partial charge in [0.05, 0.1) is 6.61 Å². The summed E-state index contributed by atoms with van der Waals surface area (Å²) in [7, 11) is 1.78. The minimum absolute atomic E-state index is 0.484. The number of nitrogens with one attached hydrogen (secondary N) is 1. The second-order valence-corrected chi connectivity index (χ2v) is 5.03. The van der Waals surface area contributed by atoms with Crippen LogP contribution in [0, 0.1) is 5.92 Å². The molecule has 1 aliphatic carbocycles. The molecule has 16 heavy (non-hydrogen) atoms. The molecule has 3 N–H and O–H groups in total. The summed E-state index contributed by atoms with van der Waals surface area (Å²) in [4.78, 5) is 0. The minimum atomic E-state index is 0.484. The van der Waals surface area contributed by atoms with Crippen LogP contribution < -0.4 is 11.1 Å². The first-order valence-electron chi connectivity index (χ1n) is 6.75. The third-order valence-corrected chi connectivity index (χ3v) is 3.40. The summed E-state index contributed by atoms with van der Waals surface area (Å²) in [5, 5.41) is 3.73. The Bertz CT molecular complexity index is 171. The molecule has 0 aromatic heterocycles. The van der Waals surface area contributed by atoms with Gasteiger partial charge in [-0.3, -0.25) is 0 Å². The van der Waals surface area contributed by atoms with Crippen LogP contribution >= 0.6 is 0 Å². The van der Waals surface area contributed by atoms with Gasteiger partial charge in [-0.05, 0) is 38.1 Å². The zero-order valence-electron chi connectivity index (χ0n) is 10.9. The second-order valence-electron chi connectivity index (χ2n) is 5.03.